The van der Waals surface area contributed by atoms with Crippen LogP contribution in [0.2, 0.25) is 0 Å². The second-order valence-corrected chi connectivity index (χ2v) is 10.5. The van der Waals surface area contributed by atoms with Crippen molar-refractivity contribution in [2.24, 2.45) is 0 Å². The molecule has 0 radical (unpaired) electrons. The minimum Gasteiger partial charge on any atom is -0.208 e. The van der Waals surface area contributed by atoms with Crippen molar-refractivity contribution in [3.63, 3.8) is 0 Å². The molecular formula is C39H25N3. The predicted octanol–water partition coefficient (Wildman–Crippen LogP) is 10.00. The number of aromatic nitrogens is 3. The van der Waals surface area contributed by atoms with Gasteiger partial charge in [-0.05, 0) is 43.4 Å². The smallest absolute Gasteiger partial charge is 0.164 e. The zero-order valence-electron chi connectivity index (χ0n) is 22.8. The Morgan fingerprint density at radius 2 is 0.738 bits per heavy atom. The van der Waals surface area contributed by atoms with Crippen LogP contribution in [-0.2, 0) is 0 Å². The molecule has 8 rings (SSSR count). The van der Waals surface area contributed by atoms with Gasteiger partial charge in [-0.1, -0.05) is 152 Å². The van der Waals surface area contributed by atoms with E-state index in [1.165, 1.54) is 32.5 Å². The van der Waals surface area contributed by atoms with Crippen molar-refractivity contribution < 1.29 is 0 Å². The fourth-order valence-corrected chi connectivity index (χ4v) is 5.84. The first-order valence-electron chi connectivity index (χ1n) is 14.1. The molecule has 1 heterocycles. The summed E-state index contributed by atoms with van der Waals surface area (Å²) in [6.45, 7) is 0. The second-order valence-electron chi connectivity index (χ2n) is 10.5. The topological polar surface area (TPSA) is 38.7 Å². The van der Waals surface area contributed by atoms with Crippen molar-refractivity contribution >= 4 is 32.3 Å². The first-order valence-corrected chi connectivity index (χ1v) is 14.1. The van der Waals surface area contributed by atoms with Crippen LogP contribution in [-0.4, -0.2) is 15.0 Å². The lowest BCUT2D eigenvalue weighted by atomic mass is 9.95. The fourth-order valence-electron chi connectivity index (χ4n) is 5.84. The molecule has 3 heteroatoms. The van der Waals surface area contributed by atoms with Crippen LogP contribution >= 0.6 is 0 Å². The van der Waals surface area contributed by atoms with E-state index in [0.29, 0.717) is 17.5 Å². The van der Waals surface area contributed by atoms with Crippen LogP contribution in [0, 0.1) is 0 Å². The molecule has 1 aromatic heterocycles. The molecule has 7 aromatic carbocycles. The Hall–Kier alpha value is -5.67. The Balaban J connectivity index is 1.32. The second kappa shape index (κ2) is 10.1. The highest BCUT2D eigenvalue weighted by atomic mass is 15.0. The summed E-state index contributed by atoms with van der Waals surface area (Å²) in [4.78, 5) is 15.0. The zero-order valence-corrected chi connectivity index (χ0v) is 22.8. The lowest BCUT2D eigenvalue weighted by Gasteiger charge is -2.12. The molecule has 0 atom stereocenters. The van der Waals surface area contributed by atoms with Gasteiger partial charge in [0.25, 0.3) is 0 Å². The molecule has 0 fully saturated rings. The summed E-state index contributed by atoms with van der Waals surface area (Å²) in [6, 6.07) is 52.8. The van der Waals surface area contributed by atoms with Crippen LogP contribution in [0.1, 0.15) is 0 Å². The SMILES string of the molecule is c1ccc(-c2ccc(-c3nc(-c4ccccc4)nc(-c4cccc5c4ccc4c6ccccc6ccc54)n3)cc2)cc1. The Morgan fingerprint density at radius 3 is 1.50 bits per heavy atom. The maximum Gasteiger partial charge on any atom is 0.164 e. The fraction of sp³-hybridized carbons (Fsp3) is 0. The van der Waals surface area contributed by atoms with Crippen molar-refractivity contribution in [3.8, 4) is 45.3 Å². The third kappa shape index (κ3) is 4.20. The molecule has 0 saturated carbocycles. The summed E-state index contributed by atoms with van der Waals surface area (Å²) in [5.41, 5.74) is 5.24. The maximum atomic E-state index is 5.06. The molecule has 0 aliphatic heterocycles. The van der Waals surface area contributed by atoms with E-state index in [1.807, 2.05) is 36.4 Å². The van der Waals surface area contributed by atoms with Crippen LogP contribution in [0.25, 0.3) is 77.6 Å². The lowest BCUT2D eigenvalue weighted by Crippen LogP contribution is -2.00. The van der Waals surface area contributed by atoms with Crippen LogP contribution in [0.3, 0.4) is 0 Å². The van der Waals surface area contributed by atoms with Gasteiger partial charge in [0, 0.05) is 16.7 Å². The molecule has 0 amide bonds. The highest BCUT2D eigenvalue weighted by Crippen LogP contribution is 2.36. The lowest BCUT2D eigenvalue weighted by molar-refractivity contribution is 1.08. The van der Waals surface area contributed by atoms with Crippen molar-refractivity contribution in [3.05, 3.63) is 152 Å². The number of nitrogens with zero attached hydrogens (tertiary/aromatic N) is 3. The Morgan fingerprint density at radius 1 is 0.262 bits per heavy atom. The number of fused-ring (bicyclic) bond motifs is 5. The summed E-state index contributed by atoms with van der Waals surface area (Å²) >= 11 is 0. The van der Waals surface area contributed by atoms with Gasteiger partial charge in [-0.3, -0.25) is 0 Å². The molecule has 0 unspecified atom stereocenters. The average Bonchev–Trinajstić information content (AvgIpc) is 3.08. The number of hydrogen-bond donors (Lipinski definition) is 0. The molecule has 42 heavy (non-hydrogen) atoms. The third-order valence-electron chi connectivity index (χ3n) is 7.94. The molecular weight excluding hydrogens is 510 g/mol. The molecule has 0 N–H and O–H groups in total. The molecule has 0 bridgehead atoms. The highest BCUT2D eigenvalue weighted by molar-refractivity contribution is 6.19. The summed E-state index contributed by atoms with van der Waals surface area (Å²) < 4.78 is 0. The van der Waals surface area contributed by atoms with Gasteiger partial charge in [0.05, 0.1) is 0 Å². The molecule has 0 saturated heterocycles. The summed E-state index contributed by atoms with van der Waals surface area (Å²) in [5, 5.41) is 7.28. The van der Waals surface area contributed by atoms with Crippen molar-refractivity contribution in [2.75, 3.05) is 0 Å². The monoisotopic (exact) mass is 535 g/mol. The van der Waals surface area contributed by atoms with Crippen LogP contribution < -0.4 is 0 Å². The number of rotatable bonds is 4. The maximum absolute atomic E-state index is 5.06. The predicted molar refractivity (Wildman–Crippen MR) is 174 cm³/mol. The Bertz CT molecular complexity index is 2220. The van der Waals surface area contributed by atoms with E-state index in [1.54, 1.807) is 0 Å². The summed E-state index contributed by atoms with van der Waals surface area (Å²) in [7, 11) is 0. The molecule has 0 spiro atoms. The minimum absolute atomic E-state index is 0.655. The van der Waals surface area contributed by atoms with E-state index >= 15 is 0 Å². The average molecular weight is 536 g/mol. The van der Waals surface area contributed by atoms with Gasteiger partial charge in [0.1, 0.15) is 0 Å². The van der Waals surface area contributed by atoms with Crippen molar-refractivity contribution in [2.45, 2.75) is 0 Å². The Kier molecular flexibility index (Phi) is 5.79. The highest BCUT2D eigenvalue weighted by Gasteiger charge is 2.15. The van der Waals surface area contributed by atoms with Gasteiger partial charge in [0.15, 0.2) is 17.5 Å². The Labute approximate surface area is 243 Å². The number of benzene rings is 7. The molecule has 0 aliphatic rings. The van der Waals surface area contributed by atoms with Crippen molar-refractivity contribution in [1.82, 2.24) is 15.0 Å². The first-order chi connectivity index (χ1) is 20.8. The normalized spacial score (nSPS) is 11.3. The quantitative estimate of drug-likeness (QED) is 0.211. The standard InChI is InChI=1S/C39H25N3/c1-3-10-26(11-4-1)27-18-20-30(21-19-27)38-40-37(29-13-5-2-6-14-29)41-39(42-38)36-17-9-16-32-34-23-22-28-12-7-8-15-31(28)33(34)24-25-35(32)36/h1-25H. The zero-order chi connectivity index (χ0) is 27.9. The van der Waals surface area contributed by atoms with Gasteiger partial charge >= 0.3 is 0 Å². The largest absolute Gasteiger partial charge is 0.208 e. The van der Waals surface area contributed by atoms with Gasteiger partial charge in [-0.25, -0.2) is 15.0 Å². The van der Waals surface area contributed by atoms with Gasteiger partial charge < -0.3 is 0 Å². The van der Waals surface area contributed by atoms with E-state index in [9.17, 15) is 0 Å². The van der Waals surface area contributed by atoms with E-state index in [0.717, 1.165) is 27.6 Å². The van der Waals surface area contributed by atoms with E-state index in [2.05, 4.69) is 115 Å². The first kappa shape index (κ1) is 24.2. The minimum atomic E-state index is 0.655. The van der Waals surface area contributed by atoms with Gasteiger partial charge in [-0.15, -0.1) is 0 Å². The van der Waals surface area contributed by atoms with Crippen molar-refractivity contribution in [1.29, 1.82) is 0 Å². The van der Waals surface area contributed by atoms with Gasteiger partial charge in [-0.2, -0.15) is 0 Å². The van der Waals surface area contributed by atoms with Crippen LogP contribution in [0.15, 0.2) is 152 Å². The summed E-state index contributed by atoms with van der Waals surface area (Å²) in [6.07, 6.45) is 0. The summed E-state index contributed by atoms with van der Waals surface area (Å²) in [5.74, 6) is 1.98. The molecule has 196 valence electrons. The third-order valence-corrected chi connectivity index (χ3v) is 7.94. The van der Waals surface area contributed by atoms with E-state index in [4.69, 9.17) is 15.0 Å². The van der Waals surface area contributed by atoms with E-state index < -0.39 is 0 Å². The molecule has 3 nitrogen and oxygen atoms in total. The van der Waals surface area contributed by atoms with Gasteiger partial charge in [0.2, 0.25) is 0 Å². The number of hydrogen-bond acceptors (Lipinski definition) is 3. The van der Waals surface area contributed by atoms with Crippen LogP contribution in [0.5, 0.6) is 0 Å². The van der Waals surface area contributed by atoms with Crippen LogP contribution in [0.4, 0.5) is 0 Å². The van der Waals surface area contributed by atoms with E-state index in [-0.39, 0.29) is 0 Å². The molecule has 8 aromatic rings. The molecule has 0 aliphatic carbocycles.